The molecule has 0 radical (unpaired) electrons. The van der Waals surface area contributed by atoms with E-state index in [1.165, 1.54) is 424 Å². The van der Waals surface area contributed by atoms with Gasteiger partial charge in [0.2, 0.25) is 5.91 Å². The summed E-state index contributed by atoms with van der Waals surface area (Å²) >= 11 is 0. The monoisotopic (exact) mass is 1260 g/mol. The molecule has 3 N–H and O–H groups in total. The summed E-state index contributed by atoms with van der Waals surface area (Å²) in [5, 5.41) is 23.5. The van der Waals surface area contributed by atoms with Crippen LogP contribution in [0.2, 0.25) is 0 Å². The van der Waals surface area contributed by atoms with E-state index in [-0.39, 0.29) is 18.5 Å². The summed E-state index contributed by atoms with van der Waals surface area (Å²) < 4.78 is 5.50. The molecule has 0 aromatic heterocycles. The van der Waals surface area contributed by atoms with E-state index >= 15 is 0 Å². The Morgan fingerprint density at radius 2 is 0.461 bits per heavy atom. The van der Waals surface area contributed by atoms with Gasteiger partial charge in [0.15, 0.2) is 0 Å². The van der Waals surface area contributed by atoms with Crippen LogP contribution in [0.5, 0.6) is 0 Å². The van der Waals surface area contributed by atoms with Crippen molar-refractivity contribution in [1.82, 2.24) is 5.32 Å². The Morgan fingerprint density at radius 1 is 0.270 bits per heavy atom. The van der Waals surface area contributed by atoms with Gasteiger partial charge in [-0.25, -0.2) is 0 Å². The lowest BCUT2D eigenvalue weighted by molar-refractivity contribution is -0.143. The van der Waals surface area contributed by atoms with E-state index in [0.29, 0.717) is 25.9 Å². The summed E-state index contributed by atoms with van der Waals surface area (Å²) in [6.07, 6.45) is 99.4. The fraction of sp³-hybridized carbons (Fsp3) is 0.976. The first-order valence-electron chi connectivity index (χ1n) is 41.8. The molecule has 89 heavy (non-hydrogen) atoms. The molecule has 0 heterocycles. The van der Waals surface area contributed by atoms with Gasteiger partial charge in [-0.1, -0.05) is 457 Å². The third-order valence-electron chi connectivity index (χ3n) is 20.2. The molecular weight excluding hydrogens is 1090 g/mol. The van der Waals surface area contributed by atoms with Crippen LogP contribution in [0.25, 0.3) is 0 Å². The van der Waals surface area contributed by atoms with Crippen LogP contribution in [0.3, 0.4) is 0 Å². The minimum absolute atomic E-state index is 0.0227. The third-order valence-corrected chi connectivity index (χ3v) is 20.2. The average Bonchev–Trinajstić information content (AvgIpc) is 3.68. The summed E-state index contributed by atoms with van der Waals surface area (Å²) in [5.74, 6) is 0.00368. The fourth-order valence-corrected chi connectivity index (χ4v) is 13.8. The minimum Gasteiger partial charge on any atom is -0.466 e. The van der Waals surface area contributed by atoms with Crippen LogP contribution in [0.15, 0.2) is 0 Å². The first-order chi connectivity index (χ1) is 44.0. The molecule has 0 rings (SSSR count). The van der Waals surface area contributed by atoms with E-state index < -0.39 is 12.1 Å². The lowest BCUT2D eigenvalue weighted by atomic mass is 10.0. The molecular formula is C83H165NO5. The largest absolute Gasteiger partial charge is 0.466 e. The van der Waals surface area contributed by atoms with E-state index in [9.17, 15) is 19.8 Å². The molecule has 0 spiro atoms. The fourth-order valence-electron chi connectivity index (χ4n) is 13.8. The van der Waals surface area contributed by atoms with E-state index in [1.807, 2.05) is 0 Å². The average molecular weight is 1260 g/mol. The smallest absolute Gasteiger partial charge is 0.305 e. The van der Waals surface area contributed by atoms with Crippen LogP contribution in [0.4, 0.5) is 0 Å². The maximum Gasteiger partial charge on any atom is 0.305 e. The standard InChI is InChI=1S/C83H165NO5/c1-3-5-7-9-11-13-15-17-18-19-20-21-39-42-45-48-52-55-59-63-67-71-75-81(86)80(79-85)84-82(87)76-72-68-64-60-56-53-49-46-43-40-37-35-33-31-29-27-25-23-22-24-26-28-30-32-34-36-38-41-44-47-50-54-58-62-66-70-74-78-89-83(88)77-73-69-65-61-57-51-16-14-12-10-8-6-4-2/h80-81,85-86H,3-79H2,1-2H3,(H,84,87). The van der Waals surface area contributed by atoms with Crippen LogP contribution in [0.1, 0.15) is 495 Å². The highest BCUT2D eigenvalue weighted by Gasteiger charge is 2.20. The SMILES string of the molecule is CCCCCCCCCCCCCCCCCCCCCCCCC(O)C(CO)NC(=O)CCCCCCCCCCCCCCCCCCCCCCCCCCCCCCCCCCCCCCCOC(=O)CCCCCCCCCCCCCCC. The number of rotatable bonds is 80. The van der Waals surface area contributed by atoms with Crippen LogP contribution in [0, 0.1) is 0 Å². The number of hydrogen-bond acceptors (Lipinski definition) is 5. The Balaban J connectivity index is 3.30. The van der Waals surface area contributed by atoms with E-state index in [2.05, 4.69) is 19.2 Å². The van der Waals surface area contributed by atoms with Crippen molar-refractivity contribution >= 4 is 11.9 Å². The zero-order chi connectivity index (χ0) is 64.2. The maximum absolute atomic E-state index is 12.6. The molecule has 6 heteroatoms. The quantitative estimate of drug-likeness (QED) is 0.0417. The Kier molecular flexibility index (Phi) is 78.3. The number of hydrogen-bond donors (Lipinski definition) is 3. The Bertz CT molecular complexity index is 1310. The third kappa shape index (κ3) is 75.8. The number of nitrogens with one attached hydrogen (secondary N) is 1. The molecule has 0 aliphatic heterocycles. The Hall–Kier alpha value is -1.14. The molecule has 0 aromatic rings. The molecule has 0 aliphatic carbocycles. The van der Waals surface area contributed by atoms with Crippen molar-refractivity contribution in [3.63, 3.8) is 0 Å². The van der Waals surface area contributed by atoms with Gasteiger partial charge >= 0.3 is 5.97 Å². The molecule has 0 aromatic carbocycles. The molecule has 6 nitrogen and oxygen atoms in total. The predicted octanol–water partition coefficient (Wildman–Crippen LogP) is 27.7. The topological polar surface area (TPSA) is 95.9 Å². The maximum atomic E-state index is 12.6. The molecule has 0 saturated carbocycles. The number of esters is 1. The zero-order valence-electron chi connectivity index (χ0n) is 61.2. The van der Waals surface area contributed by atoms with Gasteiger partial charge in [-0.3, -0.25) is 9.59 Å². The normalized spacial score (nSPS) is 12.4. The van der Waals surface area contributed by atoms with Gasteiger partial charge in [-0.2, -0.15) is 0 Å². The van der Waals surface area contributed by atoms with Crippen molar-refractivity contribution in [3.8, 4) is 0 Å². The molecule has 2 atom stereocenters. The summed E-state index contributed by atoms with van der Waals surface area (Å²) in [6, 6.07) is -0.537. The minimum atomic E-state index is -0.660. The summed E-state index contributed by atoms with van der Waals surface area (Å²) in [5.41, 5.74) is 0. The number of carbonyl (C=O) groups is 2. The molecule has 0 saturated heterocycles. The van der Waals surface area contributed by atoms with Crippen molar-refractivity contribution in [2.45, 2.75) is 508 Å². The van der Waals surface area contributed by atoms with Crippen LogP contribution in [-0.2, 0) is 14.3 Å². The van der Waals surface area contributed by atoms with Gasteiger partial charge in [0.25, 0.3) is 0 Å². The first-order valence-corrected chi connectivity index (χ1v) is 41.8. The number of aliphatic hydroxyl groups is 2. The highest BCUT2D eigenvalue weighted by atomic mass is 16.5. The van der Waals surface area contributed by atoms with Gasteiger partial charge in [0, 0.05) is 12.8 Å². The number of unbranched alkanes of at least 4 members (excludes halogenated alkanes) is 69. The van der Waals surface area contributed by atoms with Crippen molar-refractivity contribution in [2.24, 2.45) is 0 Å². The summed E-state index contributed by atoms with van der Waals surface area (Å²) in [7, 11) is 0. The van der Waals surface area contributed by atoms with Gasteiger partial charge in [-0.15, -0.1) is 0 Å². The van der Waals surface area contributed by atoms with E-state index in [4.69, 9.17) is 4.74 Å². The lowest BCUT2D eigenvalue weighted by Gasteiger charge is -2.22. The molecule has 0 bridgehead atoms. The zero-order valence-corrected chi connectivity index (χ0v) is 61.2. The van der Waals surface area contributed by atoms with E-state index in [0.717, 1.165) is 38.5 Å². The first kappa shape index (κ1) is 87.9. The predicted molar refractivity (Wildman–Crippen MR) is 394 cm³/mol. The number of aliphatic hydroxyl groups excluding tert-OH is 2. The second-order valence-corrected chi connectivity index (χ2v) is 29.2. The lowest BCUT2D eigenvalue weighted by Crippen LogP contribution is -2.45. The molecule has 2 unspecified atom stereocenters. The van der Waals surface area contributed by atoms with E-state index in [1.54, 1.807) is 0 Å². The number of amides is 1. The van der Waals surface area contributed by atoms with Gasteiger partial charge in [0.1, 0.15) is 0 Å². The molecule has 532 valence electrons. The van der Waals surface area contributed by atoms with Crippen LogP contribution >= 0.6 is 0 Å². The number of ether oxygens (including phenoxy) is 1. The molecule has 1 amide bonds. The summed E-state index contributed by atoms with van der Waals surface area (Å²) in [4.78, 5) is 24.6. The van der Waals surface area contributed by atoms with Gasteiger partial charge < -0.3 is 20.3 Å². The number of carbonyl (C=O) groups excluding carboxylic acids is 2. The highest BCUT2D eigenvalue weighted by molar-refractivity contribution is 5.76. The Morgan fingerprint density at radius 3 is 0.685 bits per heavy atom. The highest BCUT2D eigenvalue weighted by Crippen LogP contribution is 2.21. The van der Waals surface area contributed by atoms with Crippen molar-refractivity contribution in [2.75, 3.05) is 13.2 Å². The second kappa shape index (κ2) is 79.3. The second-order valence-electron chi connectivity index (χ2n) is 29.2. The molecule has 0 fully saturated rings. The van der Waals surface area contributed by atoms with Crippen LogP contribution in [-0.4, -0.2) is 47.4 Å². The Labute approximate surface area is 559 Å². The van der Waals surface area contributed by atoms with Gasteiger partial charge in [-0.05, 0) is 25.7 Å². The summed E-state index contributed by atoms with van der Waals surface area (Å²) in [6.45, 7) is 5.02. The van der Waals surface area contributed by atoms with Crippen molar-refractivity contribution in [1.29, 1.82) is 0 Å². The van der Waals surface area contributed by atoms with Crippen molar-refractivity contribution in [3.05, 3.63) is 0 Å². The molecule has 0 aliphatic rings. The van der Waals surface area contributed by atoms with Crippen molar-refractivity contribution < 1.29 is 24.5 Å². The van der Waals surface area contributed by atoms with Crippen LogP contribution < -0.4 is 5.32 Å². The van der Waals surface area contributed by atoms with Gasteiger partial charge in [0.05, 0.1) is 25.4 Å².